The summed E-state index contributed by atoms with van der Waals surface area (Å²) in [5.41, 5.74) is 0. The second kappa shape index (κ2) is 6.33. The van der Waals surface area contributed by atoms with Gasteiger partial charge >= 0.3 is 0 Å². The van der Waals surface area contributed by atoms with Crippen LogP contribution in [-0.2, 0) is 4.74 Å². The molecule has 0 amide bonds. The van der Waals surface area contributed by atoms with Crippen LogP contribution in [0.1, 0.15) is 6.92 Å². The molecule has 0 aromatic rings. The van der Waals surface area contributed by atoms with Crippen LogP contribution in [0.4, 0.5) is 0 Å². The number of halogens is 1. The maximum atomic E-state index is 5.58. The molecular weight excluding hydrogens is 138 g/mol. The Labute approximate surface area is 61.5 Å². The van der Waals surface area contributed by atoms with Crippen LogP contribution in [0.3, 0.4) is 0 Å². The van der Waals surface area contributed by atoms with Gasteiger partial charge in [0.25, 0.3) is 0 Å². The van der Waals surface area contributed by atoms with Gasteiger partial charge in [-0.1, -0.05) is 6.92 Å². The van der Waals surface area contributed by atoms with Crippen LogP contribution in [0.5, 0.6) is 0 Å². The average Bonchev–Trinajstić information content (AvgIpc) is 1.88. The van der Waals surface area contributed by atoms with E-state index in [4.69, 9.17) is 16.3 Å². The lowest BCUT2D eigenvalue weighted by Gasteiger charge is -2.12. The van der Waals surface area contributed by atoms with Gasteiger partial charge in [0.1, 0.15) is 0 Å². The molecule has 1 N–H and O–H groups in total. The van der Waals surface area contributed by atoms with Crippen LogP contribution >= 0.6 is 11.6 Å². The molecule has 0 saturated heterocycles. The lowest BCUT2D eigenvalue weighted by atomic mass is 10.3. The summed E-state index contributed by atoms with van der Waals surface area (Å²) in [6, 6.07) is 0.307. The smallest absolute Gasteiger partial charge is 0.0627 e. The van der Waals surface area contributed by atoms with E-state index in [2.05, 4.69) is 12.2 Å². The zero-order chi connectivity index (χ0) is 7.11. The van der Waals surface area contributed by atoms with E-state index in [9.17, 15) is 0 Å². The van der Waals surface area contributed by atoms with Crippen LogP contribution in [0.15, 0.2) is 0 Å². The third-order valence-corrected chi connectivity index (χ3v) is 1.42. The van der Waals surface area contributed by atoms with Crippen molar-refractivity contribution in [1.29, 1.82) is 0 Å². The fourth-order valence-corrected chi connectivity index (χ4v) is 0.846. The molecule has 1 atom stereocenters. The summed E-state index contributed by atoms with van der Waals surface area (Å²) < 4.78 is 4.90. The van der Waals surface area contributed by atoms with Crippen molar-refractivity contribution in [3.8, 4) is 0 Å². The van der Waals surface area contributed by atoms with E-state index in [0.717, 1.165) is 6.54 Å². The molecule has 9 heavy (non-hydrogen) atoms. The Morgan fingerprint density at radius 3 is 2.67 bits per heavy atom. The quantitative estimate of drug-likeness (QED) is 0.589. The van der Waals surface area contributed by atoms with Crippen molar-refractivity contribution in [2.75, 3.05) is 26.1 Å². The Morgan fingerprint density at radius 2 is 2.33 bits per heavy atom. The Kier molecular flexibility index (Phi) is 6.48. The predicted octanol–water partition coefficient (Wildman–Crippen LogP) is 0.850. The average molecular weight is 152 g/mol. The van der Waals surface area contributed by atoms with Crippen LogP contribution in [-0.4, -0.2) is 32.2 Å². The Hall–Kier alpha value is 0.210. The first-order valence-electron chi connectivity index (χ1n) is 3.13. The van der Waals surface area contributed by atoms with Gasteiger partial charge in [0.2, 0.25) is 0 Å². The lowest BCUT2D eigenvalue weighted by Crippen LogP contribution is -2.34. The van der Waals surface area contributed by atoms with Crippen molar-refractivity contribution in [3.05, 3.63) is 0 Å². The van der Waals surface area contributed by atoms with Crippen molar-refractivity contribution < 1.29 is 4.74 Å². The molecule has 2 nitrogen and oxygen atoms in total. The summed E-state index contributed by atoms with van der Waals surface area (Å²) in [4.78, 5) is 0. The molecule has 0 bridgehead atoms. The minimum atomic E-state index is 0.307. The van der Waals surface area contributed by atoms with E-state index in [1.54, 1.807) is 7.11 Å². The molecule has 1 unspecified atom stereocenters. The minimum absolute atomic E-state index is 0.307. The topological polar surface area (TPSA) is 21.3 Å². The van der Waals surface area contributed by atoms with Crippen molar-refractivity contribution in [1.82, 2.24) is 5.32 Å². The number of alkyl halides is 1. The molecule has 0 spiro atoms. The second-order valence-corrected chi connectivity index (χ2v) is 2.17. The number of methoxy groups -OCH3 is 1. The summed E-state index contributed by atoms with van der Waals surface area (Å²) in [5, 5.41) is 3.18. The van der Waals surface area contributed by atoms with Gasteiger partial charge in [-0.2, -0.15) is 0 Å². The highest BCUT2D eigenvalue weighted by Crippen LogP contribution is 1.87. The molecule has 0 aromatic heterocycles. The Morgan fingerprint density at radius 1 is 1.67 bits per heavy atom. The normalized spacial score (nSPS) is 13.7. The third kappa shape index (κ3) is 4.70. The number of nitrogens with one attached hydrogen (secondary N) is 1. The molecule has 0 heterocycles. The van der Waals surface area contributed by atoms with Gasteiger partial charge in [-0.05, 0) is 6.54 Å². The van der Waals surface area contributed by atoms with Gasteiger partial charge in [0.15, 0.2) is 0 Å². The first kappa shape index (κ1) is 9.21. The van der Waals surface area contributed by atoms with Crippen molar-refractivity contribution >= 4 is 11.6 Å². The number of likely N-dealkylation sites (N-methyl/N-ethyl adjacent to an activating group) is 1. The van der Waals surface area contributed by atoms with E-state index in [1.165, 1.54) is 0 Å². The summed E-state index contributed by atoms with van der Waals surface area (Å²) in [7, 11) is 1.68. The fraction of sp³-hybridized carbons (Fsp3) is 1.00. The molecule has 0 rings (SSSR count). The highest BCUT2D eigenvalue weighted by molar-refractivity contribution is 6.18. The molecule has 56 valence electrons. The van der Waals surface area contributed by atoms with Crippen LogP contribution in [0, 0.1) is 0 Å². The summed E-state index contributed by atoms with van der Waals surface area (Å²) >= 11 is 5.58. The molecule has 0 aromatic carbocycles. The third-order valence-electron chi connectivity index (χ3n) is 1.05. The van der Waals surface area contributed by atoms with Crippen LogP contribution in [0.2, 0.25) is 0 Å². The van der Waals surface area contributed by atoms with Crippen molar-refractivity contribution in [2.45, 2.75) is 13.0 Å². The van der Waals surface area contributed by atoms with Gasteiger partial charge in [-0.25, -0.2) is 0 Å². The first-order valence-corrected chi connectivity index (χ1v) is 3.66. The molecule has 0 radical (unpaired) electrons. The van der Waals surface area contributed by atoms with Crippen LogP contribution < -0.4 is 5.32 Å². The molecule has 3 heteroatoms. The van der Waals surface area contributed by atoms with E-state index >= 15 is 0 Å². The maximum Gasteiger partial charge on any atom is 0.0627 e. The molecule has 0 aliphatic carbocycles. The highest BCUT2D eigenvalue weighted by Gasteiger charge is 2.02. The van der Waals surface area contributed by atoms with Gasteiger partial charge in [-0.3, -0.25) is 0 Å². The number of hydrogen-bond donors (Lipinski definition) is 1. The maximum absolute atomic E-state index is 5.58. The zero-order valence-electron chi connectivity index (χ0n) is 5.98. The zero-order valence-corrected chi connectivity index (χ0v) is 6.74. The summed E-state index contributed by atoms with van der Waals surface area (Å²) in [5.74, 6) is 0.613. The lowest BCUT2D eigenvalue weighted by molar-refractivity contribution is 0.174. The Balaban J connectivity index is 3.18. The second-order valence-electron chi connectivity index (χ2n) is 1.86. The van der Waals surface area contributed by atoms with E-state index in [-0.39, 0.29) is 0 Å². The molecule has 0 aliphatic rings. The fourth-order valence-electron chi connectivity index (χ4n) is 0.648. The van der Waals surface area contributed by atoms with Crippen molar-refractivity contribution in [3.63, 3.8) is 0 Å². The molecule has 0 aliphatic heterocycles. The molecule has 0 fully saturated rings. The van der Waals surface area contributed by atoms with Gasteiger partial charge in [0, 0.05) is 19.0 Å². The van der Waals surface area contributed by atoms with E-state index in [1.807, 2.05) is 0 Å². The van der Waals surface area contributed by atoms with E-state index < -0.39 is 0 Å². The van der Waals surface area contributed by atoms with E-state index in [0.29, 0.717) is 18.5 Å². The summed E-state index contributed by atoms with van der Waals surface area (Å²) in [6.07, 6.45) is 0. The number of hydrogen-bond acceptors (Lipinski definition) is 2. The Bertz CT molecular complexity index is 55.0. The largest absolute Gasteiger partial charge is 0.383 e. The summed E-state index contributed by atoms with van der Waals surface area (Å²) in [6.45, 7) is 3.69. The van der Waals surface area contributed by atoms with Gasteiger partial charge < -0.3 is 10.1 Å². The molecular formula is C6H14ClNO. The first-order chi connectivity index (χ1) is 4.35. The van der Waals surface area contributed by atoms with Gasteiger partial charge in [0.05, 0.1) is 6.61 Å². The highest BCUT2D eigenvalue weighted by atomic mass is 35.5. The molecule has 0 saturated carbocycles. The standard InChI is InChI=1S/C6H14ClNO/c1-3-8-6(4-7)5-9-2/h6,8H,3-5H2,1-2H3. The monoisotopic (exact) mass is 151 g/mol. The SMILES string of the molecule is CCNC(CCl)COC. The predicted molar refractivity (Wildman–Crippen MR) is 40.1 cm³/mol. The number of rotatable bonds is 5. The van der Waals surface area contributed by atoms with Crippen molar-refractivity contribution in [2.24, 2.45) is 0 Å². The van der Waals surface area contributed by atoms with Gasteiger partial charge in [-0.15, -0.1) is 11.6 Å². The minimum Gasteiger partial charge on any atom is -0.383 e. The van der Waals surface area contributed by atoms with Crippen LogP contribution in [0.25, 0.3) is 0 Å². The number of ether oxygens (including phenoxy) is 1.